The van der Waals surface area contributed by atoms with Crippen LogP contribution in [-0.2, 0) is 6.42 Å². The lowest BCUT2D eigenvalue weighted by Gasteiger charge is -2.28. The van der Waals surface area contributed by atoms with Gasteiger partial charge in [-0.3, -0.25) is 0 Å². The Bertz CT molecular complexity index is 683. The number of rotatable bonds is 4. The Balaban J connectivity index is 0.000000615. The molecule has 2 N–H and O–H groups in total. The molecule has 26 heavy (non-hydrogen) atoms. The zero-order valence-electron chi connectivity index (χ0n) is 16.9. The fourth-order valence-corrected chi connectivity index (χ4v) is 2.84. The average Bonchev–Trinajstić information content (AvgIpc) is 3.03. The molecule has 3 rings (SSSR count). The van der Waals surface area contributed by atoms with E-state index in [1.54, 1.807) is 6.92 Å². The molecular formula is C20H34N6. The van der Waals surface area contributed by atoms with Gasteiger partial charge in [-0.25, -0.2) is 9.50 Å². The monoisotopic (exact) mass is 358 g/mol. The molecule has 144 valence electrons. The van der Waals surface area contributed by atoms with E-state index in [-0.39, 0.29) is 0 Å². The van der Waals surface area contributed by atoms with E-state index in [0.717, 1.165) is 55.5 Å². The highest BCUT2D eigenvalue weighted by Gasteiger charge is 2.17. The van der Waals surface area contributed by atoms with E-state index in [9.17, 15) is 0 Å². The predicted molar refractivity (Wildman–Crippen MR) is 112 cm³/mol. The van der Waals surface area contributed by atoms with Crippen LogP contribution in [0.4, 0.5) is 5.82 Å². The number of nitrogens with one attached hydrogen (secondary N) is 2. The van der Waals surface area contributed by atoms with Crippen LogP contribution in [0.2, 0.25) is 0 Å². The van der Waals surface area contributed by atoms with Crippen molar-refractivity contribution in [2.45, 2.75) is 47.0 Å². The number of fused-ring (bicyclic) bond motifs is 1. The number of nitrogens with zero attached hydrogens (tertiary/aromatic N) is 4. The average molecular weight is 359 g/mol. The number of piperazine rings is 1. The van der Waals surface area contributed by atoms with Crippen LogP contribution in [0.3, 0.4) is 0 Å². The lowest BCUT2D eigenvalue weighted by molar-refractivity contribution is 0.581. The van der Waals surface area contributed by atoms with E-state index >= 15 is 0 Å². The molecule has 0 radical (unpaired) electrons. The van der Waals surface area contributed by atoms with Crippen LogP contribution in [0.25, 0.3) is 5.65 Å². The van der Waals surface area contributed by atoms with Gasteiger partial charge in [0.1, 0.15) is 5.82 Å². The smallest absolute Gasteiger partial charge is 0.154 e. The fraction of sp³-hybridized carbons (Fsp3) is 0.550. The highest BCUT2D eigenvalue weighted by Crippen LogP contribution is 2.22. The third-order valence-electron chi connectivity index (χ3n) is 3.91. The quantitative estimate of drug-likeness (QED) is 0.646. The van der Waals surface area contributed by atoms with Crippen molar-refractivity contribution in [2.75, 3.05) is 31.1 Å². The van der Waals surface area contributed by atoms with Crippen molar-refractivity contribution >= 4 is 17.7 Å². The van der Waals surface area contributed by atoms with Gasteiger partial charge in [-0.15, -0.1) is 11.7 Å². The van der Waals surface area contributed by atoms with Gasteiger partial charge in [0.2, 0.25) is 0 Å². The summed E-state index contributed by atoms with van der Waals surface area (Å²) >= 11 is 0. The number of allylic oxidation sites excluding steroid dienone is 1. The first-order valence-corrected chi connectivity index (χ1v) is 9.52. The minimum Gasteiger partial charge on any atom is -0.353 e. The van der Waals surface area contributed by atoms with Crippen molar-refractivity contribution in [3.05, 3.63) is 36.2 Å². The Morgan fingerprint density at radius 1 is 1.27 bits per heavy atom. The van der Waals surface area contributed by atoms with Gasteiger partial charge in [-0.1, -0.05) is 33.8 Å². The Kier molecular flexibility index (Phi) is 9.58. The molecule has 1 aliphatic heterocycles. The zero-order valence-corrected chi connectivity index (χ0v) is 16.9. The third-order valence-corrected chi connectivity index (χ3v) is 3.91. The third kappa shape index (κ3) is 5.39. The molecule has 0 saturated carbocycles. The second-order valence-corrected chi connectivity index (χ2v) is 6.08. The van der Waals surface area contributed by atoms with Gasteiger partial charge < -0.3 is 15.6 Å². The Labute approximate surface area is 157 Å². The van der Waals surface area contributed by atoms with Gasteiger partial charge in [0.15, 0.2) is 5.65 Å². The standard InChI is InChI=1S/C16H23N5.C2H5N.C2H6/c1-4-5-13-16(12(2)3)18-14-6-7-15(19-21(13)14)20-10-8-17-9-11-20;1-2-3;1-2/h4,6-7,12,17H,1,5,8-11H2,2-3H3;2-3H,1H3;1-2H3. The molecule has 0 spiro atoms. The van der Waals surface area contributed by atoms with Crippen LogP contribution in [0.15, 0.2) is 24.8 Å². The molecule has 3 heterocycles. The highest BCUT2D eigenvalue weighted by atomic mass is 15.3. The highest BCUT2D eigenvalue weighted by molar-refractivity contribution is 5.49. The Hall–Kier alpha value is -2.21. The zero-order chi connectivity index (χ0) is 19.5. The lowest BCUT2D eigenvalue weighted by Crippen LogP contribution is -2.44. The van der Waals surface area contributed by atoms with Gasteiger partial charge in [-0.2, -0.15) is 0 Å². The summed E-state index contributed by atoms with van der Waals surface area (Å²) < 4.78 is 1.99. The number of hydrogen-bond acceptors (Lipinski definition) is 5. The van der Waals surface area contributed by atoms with Crippen LogP contribution < -0.4 is 10.2 Å². The molecule has 2 aromatic heterocycles. The maximum atomic E-state index is 6.08. The van der Waals surface area contributed by atoms with Crippen molar-refractivity contribution in [3.8, 4) is 0 Å². The van der Waals surface area contributed by atoms with Crippen LogP contribution in [0.1, 0.15) is 51.9 Å². The molecule has 0 aliphatic carbocycles. The summed E-state index contributed by atoms with van der Waals surface area (Å²) in [5.41, 5.74) is 3.21. The minimum absolute atomic E-state index is 0.393. The summed E-state index contributed by atoms with van der Waals surface area (Å²) in [5, 5.41) is 14.3. The van der Waals surface area contributed by atoms with E-state index in [1.807, 2.05) is 24.4 Å². The van der Waals surface area contributed by atoms with Gasteiger partial charge >= 0.3 is 0 Å². The van der Waals surface area contributed by atoms with Crippen LogP contribution in [-0.4, -0.2) is 47.0 Å². The Morgan fingerprint density at radius 2 is 1.88 bits per heavy atom. The van der Waals surface area contributed by atoms with E-state index in [0.29, 0.717) is 5.92 Å². The lowest BCUT2D eigenvalue weighted by atomic mass is 10.1. The van der Waals surface area contributed by atoms with E-state index < -0.39 is 0 Å². The molecule has 0 amide bonds. The maximum absolute atomic E-state index is 6.08. The largest absolute Gasteiger partial charge is 0.353 e. The molecule has 1 saturated heterocycles. The van der Waals surface area contributed by atoms with Crippen molar-refractivity contribution in [2.24, 2.45) is 0 Å². The van der Waals surface area contributed by atoms with Gasteiger partial charge in [0, 0.05) is 32.6 Å². The first kappa shape index (κ1) is 21.8. The van der Waals surface area contributed by atoms with Crippen LogP contribution >= 0.6 is 0 Å². The SMILES string of the molecule is C=CCc1c(C(C)C)nc2ccc(N3CCNCC3)nn12.CC.CC=N. The predicted octanol–water partition coefficient (Wildman–Crippen LogP) is 3.67. The molecular weight excluding hydrogens is 324 g/mol. The molecule has 1 aliphatic rings. The summed E-state index contributed by atoms with van der Waals surface area (Å²) in [4.78, 5) is 7.06. The Morgan fingerprint density at radius 3 is 2.42 bits per heavy atom. The molecule has 0 bridgehead atoms. The number of anilines is 1. The topological polar surface area (TPSA) is 69.3 Å². The first-order valence-electron chi connectivity index (χ1n) is 9.52. The van der Waals surface area contributed by atoms with Gasteiger partial charge in [0.05, 0.1) is 11.4 Å². The maximum Gasteiger partial charge on any atom is 0.154 e. The van der Waals surface area contributed by atoms with Crippen LogP contribution in [0, 0.1) is 5.41 Å². The summed E-state index contributed by atoms with van der Waals surface area (Å²) in [6.45, 7) is 17.9. The molecule has 6 heteroatoms. The fourth-order valence-electron chi connectivity index (χ4n) is 2.84. The first-order chi connectivity index (χ1) is 12.6. The van der Waals surface area contributed by atoms with Crippen molar-refractivity contribution in [1.82, 2.24) is 19.9 Å². The molecule has 2 aromatic rings. The minimum atomic E-state index is 0.393. The van der Waals surface area contributed by atoms with Crippen molar-refractivity contribution in [1.29, 1.82) is 5.41 Å². The van der Waals surface area contributed by atoms with Crippen LogP contribution in [0.5, 0.6) is 0 Å². The summed E-state index contributed by atoms with van der Waals surface area (Å²) in [5.74, 6) is 1.42. The number of imidazole rings is 1. The van der Waals surface area contributed by atoms with E-state index in [2.05, 4.69) is 42.8 Å². The van der Waals surface area contributed by atoms with Gasteiger partial charge in [-0.05, 0) is 31.2 Å². The molecule has 0 aromatic carbocycles. The molecule has 0 atom stereocenters. The normalized spacial score (nSPS) is 13.5. The van der Waals surface area contributed by atoms with Crippen molar-refractivity contribution < 1.29 is 0 Å². The molecule has 1 fully saturated rings. The second-order valence-electron chi connectivity index (χ2n) is 6.08. The molecule has 0 unspecified atom stereocenters. The van der Waals surface area contributed by atoms with Gasteiger partial charge in [0.25, 0.3) is 0 Å². The summed E-state index contributed by atoms with van der Waals surface area (Å²) in [6, 6.07) is 4.15. The van der Waals surface area contributed by atoms with E-state index in [1.165, 1.54) is 6.21 Å². The second kappa shape index (κ2) is 11.4. The van der Waals surface area contributed by atoms with Crippen molar-refractivity contribution in [3.63, 3.8) is 0 Å². The summed E-state index contributed by atoms with van der Waals surface area (Å²) in [6.07, 6.45) is 3.97. The molecule has 6 nitrogen and oxygen atoms in total. The van der Waals surface area contributed by atoms with E-state index in [4.69, 9.17) is 15.5 Å². The number of hydrogen-bond donors (Lipinski definition) is 2. The summed E-state index contributed by atoms with van der Waals surface area (Å²) in [7, 11) is 0. The number of aromatic nitrogens is 3.